The number of ether oxygens (including phenoxy) is 1. The highest BCUT2D eigenvalue weighted by atomic mass is 16.5. The van der Waals surface area contributed by atoms with Gasteiger partial charge in [0.15, 0.2) is 0 Å². The van der Waals surface area contributed by atoms with Crippen molar-refractivity contribution in [2.75, 3.05) is 52.9 Å². The van der Waals surface area contributed by atoms with E-state index in [2.05, 4.69) is 23.2 Å². The van der Waals surface area contributed by atoms with Crippen LogP contribution in [0.15, 0.2) is 30.3 Å². The van der Waals surface area contributed by atoms with E-state index >= 15 is 0 Å². The first-order chi connectivity index (χ1) is 17.1. The van der Waals surface area contributed by atoms with Crippen molar-refractivity contribution in [3.05, 3.63) is 35.9 Å². The molecular formula is C28H44N4O3. The van der Waals surface area contributed by atoms with Gasteiger partial charge in [-0.2, -0.15) is 0 Å². The Bertz CT molecular complexity index is 814. The van der Waals surface area contributed by atoms with Crippen molar-refractivity contribution >= 4 is 18.0 Å². The summed E-state index contributed by atoms with van der Waals surface area (Å²) in [6.07, 6.45) is 12.6. The van der Waals surface area contributed by atoms with Gasteiger partial charge in [-0.15, -0.1) is 0 Å². The molecule has 0 aromatic heterocycles. The third-order valence-corrected chi connectivity index (χ3v) is 7.14. The van der Waals surface area contributed by atoms with Gasteiger partial charge in [-0.3, -0.25) is 9.69 Å². The lowest BCUT2D eigenvalue weighted by atomic mass is 9.96. The number of unbranched alkanes of at least 4 members (excludes halogenated alkanes) is 1. The molecule has 1 saturated carbocycles. The van der Waals surface area contributed by atoms with Crippen molar-refractivity contribution in [1.82, 2.24) is 20.0 Å². The van der Waals surface area contributed by atoms with E-state index in [4.69, 9.17) is 4.74 Å². The fourth-order valence-corrected chi connectivity index (χ4v) is 4.86. The van der Waals surface area contributed by atoms with Gasteiger partial charge in [0.1, 0.15) is 5.75 Å². The molecule has 1 N–H and O–H groups in total. The van der Waals surface area contributed by atoms with Crippen LogP contribution in [0, 0.1) is 0 Å². The Morgan fingerprint density at radius 3 is 2.57 bits per heavy atom. The van der Waals surface area contributed by atoms with Crippen LogP contribution in [-0.2, 0) is 4.79 Å². The fraction of sp³-hybridized carbons (Fsp3) is 0.643. The molecule has 194 valence electrons. The number of methoxy groups -OCH3 is 1. The van der Waals surface area contributed by atoms with Crippen LogP contribution in [0.2, 0.25) is 0 Å². The normalized spacial score (nSPS) is 17.5. The van der Waals surface area contributed by atoms with Gasteiger partial charge in [-0.1, -0.05) is 63.0 Å². The molecule has 1 aromatic rings. The number of piperazine rings is 1. The lowest BCUT2D eigenvalue weighted by Gasteiger charge is -2.36. The Morgan fingerprint density at radius 2 is 1.86 bits per heavy atom. The summed E-state index contributed by atoms with van der Waals surface area (Å²) >= 11 is 0. The van der Waals surface area contributed by atoms with Crippen molar-refractivity contribution < 1.29 is 14.3 Å². The van der Waals surface area contributed by atoms with Gasteiger partial charge in [0.25, 0.3) is 0 Å². The van der Waals surface area contributed by atoms with Gasteiger partial charge in [0, 0.05) is 63.8 Å². The van der Waals surface area contributed by atoms with E-state index in [1.165, 1.54) is 19.3 Å². The maximum Gasteiger partial charge on any atom is 0.317 e. The molecule has 3 rings (SSSR count). The van der Waals surface area contributed by atoms with Crippen LogP contribution in [-0.4, -0.2) is 85.6 Å². The summed E-state index contributed by atoms with van der Waals surface area (Å²) in [6, 6.07) is 8.34. The number of para-hydroxylation sites is 1. The molecule has 7 heteroatoms. The van der Waals surface area contributed by atoms with Crippen molar-refractivity contribution in [2.24, 2.45) is 0 Å². The van der Waals surface area contributed by atoms with Crippen molar-refractivity contribution in [2.45, 2.75) is 64.3 Å². The molecule has 2 fully saturated rings. The zero-order valence-electron chi connectivity index (χ0n) is 21.7. The van der Waals surface area contributed by atoms with Crippen molar-refractivity contribution in [3.8, 4) is 5.75 Å². The summed E-state index contributed by atoms with van der Waals surface area (Å²) in [7, 11) is 1.67. The quantitative estimate of drug-likeness (QED) is 0.506. The number of benzene rings is 1. The van der Waals surface area contributed by atoms with Crippen LogP contribution in [0.25, 0.3) is 6.08 Å². The zero-order chi connectivity index (χ0) is 24.9. The SMILES string of the molecule is CCCCC(=O)N(C/C=C/c1ccccc1OC)CCN1CCN(C(=O)NC2CCCCC2)CC1. The van der Waals surface area contributed by atoms with E-state index in [0.717, 1.165) is 69.7 Å². The topological polar surface area (TPSA) is 65.1 Å². The minimum absolute atomic E-state index is 0.0920. The van der Waals surface area contributed by atoms with E-state index in [1.807, 2.05) is 40.1 Å². The third kappa shape index (κ3) is 8.88. The van der Waals surface area contributed by atoms with Gasteiger partial charge in [-0.25, -0.2) is 4.79 Å². The highest BCUT2D eigenvalue weighted by molar-refractivity contribution is 5.76. The molecule has 7 nitrogen and oxygen atoms in total. The number of nitrogens with zero attached hydrogens (tertiary/aromatic N) is 3. The molecule has 1 aromatic carbocycles. The highest BCUT2D eigenvalue weighted by Gasteiger charge is 2.24. The number of nitrogens with one attached hydrogen (secondary N) is 1. The molecule has 0 spiro atoms. The standard InChI is InChI=1S/C28H44N4O3/c1-3-4-16-27(33)31(17-10-12-24-11-8-9-15-26(24)35-2)21-18-30-19-22-32(23-20-30)28(34)29-25-13-6-5-7-14-25/h8-12,15,25H,3-7,13-14,16-23H2,1-2H3,(H,29,34)/b12-10+. The van der Waals surface area contributed by atoms with Gasteiger partial charge >= 0.3 is 6.03 Å². The summed E-state index contributed by atoms with van der Waals surface area (Å²) < 4.78 is 5.43. The Labute approximate surface area is 211 Å². The molecule has 3 amide bonds. The van der Waals surface area contributed by atoms with Gasteiger partial charge in [-0.05, 0) is 25.3 Å². The van der Waals surface area contributed by atoms with Crippen LogP contribution < -0.4 is 10.1 Å². The van der Waals surface area contributed by atoms with E-state index in [-0.39, 0.29) is 11.9 Å². The summed E-state index contributed by atoms with van der Waals surface area (Å²) in [5.74, 6) is 1.04. The minimum atomic E-state index is 0.0920. The number of rotatable bonds is 11. The minimum Gasteiger partial charge on any atom is -0.496 e. The summed E-state index contributed by atoms with van der Waals surface area (Å²) in [6.45, 7) is 7.43. The second-order valence-corrected chi connectivity index (χ2v) is 9.70. The number of amides is 3. The first-order valence-electron chi connectivity index (χ1n) is 13.5. The number of carbonyl (C=O) groups is 2. The summed E-state index contributed by atoms with van der Waals surface area (Å²) in [5, 5.41) is 3.23. The largest absolute Gasteiger partial charge is 0.496 e. The molecule has 0 atom stereocenters. The second kappa shape index (κ2) is 14.8. The number of carbonyl (C=O) groups excluding carboxylic acids is 2. The monoisotopic (exact) mass is 484 g/mol. The molecule has 1 aliphatic carbocycles. The van der Waals surface area contributed by atoms with Crippen LogP contribution in [0.1, 0.15) is 63.9 Å². The predicted molar refractivity (Wildman–Crippen MR) is 142 cm³/mol. The maximum absolute atomic E-state index is 12.9. The number of urea groups is 1. The maximum atomic E-state index is 12.9. The van der Waals surface area contributed by atoms with Crippen molar-refractivity contribution in [3.63, 3.8) is 0 Å². The van der Waals surface area contributed by atoms with E-state index in [1.54, 1.807) is 7.11 Å². The van der Waals surface area contributed by atoms with E-state index in [0.29, 0.717) is 25.6 Å². The van der Waals surface area contributed by atoms with E-state index in [9.17, 15) is 9.59 Å². The fourth-order valence-electron chi connectivity index (χ4n) is 4.86. The van der Waals surface area contributed by atoms with Crippen LogP contribution in [0.4, 0.5) is 4.79 Å². The first-order valence-corrected chi connectivity index (χ1v) is 13.5. The number of hydrogen-bond donors (Lipinski definition) is 1. The molecule has 35 heavy (non-hydrogen) atoms. The first kappa shape index (κ1) is 27.1. The van der Waals surface area contributed by atoms with Gasteiger partial charge < -0.3 is 19.9 Å². The van der Waals surface area contributed by atoms with Crippen molar-refractivity contribution in [1.29, 1.82) is 0 Å². The molecular weight excluding hydrogens is 440 g/mol. The highest BCUT2D eigenvalue weighted by Crippen LogP contribution is 2.19. The average Bonchev–Trinajstić information content (AvgIpc) is 2.90. The molecule has 0 bridgehead atoms. The molecule has 1 heterocycles. The molecule has 0 radical (unpaired) electrons. The van der Waals surface area contributed by atoms with Crippen LogP contribution in [0.3, 0.4) is 0 Å². The molecule has 1 saturated heterocycles. The zero-order valence-corrected chi connectivity index (χ0v) is 21.7. The Balaban J connectivity index is 1.46. The Morgan fingerprint density at radius 1 is 1.11 bits per heavy atom. The second-order valence-electron chi connectivity index (χ2n) is 9.70. The summed E-state index contributed by atoms with van der Waals surface area (Å²) in [4.78, 5) is 31.8. The lowest BCUT2D eigenvalue weighted by molar-refractivity contribution is -0.131. The Hall–Kier alpha value is -2.54. The third-order valence-electron chi connectivity index (χ3n) is 7.14. The van der Waals surface area contributed by atoms with Gasteiger partial charge in [0.05, 0.1) is 7.11 Å². The van der Waals surface area contributed by atoms with Gasteiger partial charge in [0.2, 0.25) is 5.91 Å². The van der Waals surface area contributed by atoms with E-state index < -0.39 is 0 Å². The number of hydrogen-bond acceptors (Lipinski definition) is 4. The van der Waals surface area contributed by atoms with Crippen LogP contribution in [0.5, 0.6) is 5.75 Å². The average molecular weight is 485 g/mol. The molecule has 1 aliphatic heterocycles. The molecule has 0 unspecified atom stereocenters. The lowest BCUT2D eigenvalue weighted by Crippen LogP contribution is -2.54. The predicted octanol–water partition coefficient (Wildman–Crippen LogP) is 4.39. The Kier molecular flexibility index (Phi) is 11.4. The summed E-state index contributed by atoms with van der Waals surface area (Å²) in [5.41, 5.74) is 1.01. The van der Waals surface area contributed by atoms with Crippen LogP contribution >= 0.6 is 0 Å². The molecule has 2 aliphatic rings. The smallest absolute Gasteiger partial charge is 0.317 e.